The Balaban J connectivity index is 2.21. The molecule has 0 saturated heterocycles. The Morgan fingerprint density at radius 3 is 2.35 bits per heavy atom. The van der Waals surface area contributed by atoms with Gasteiger partial charge in [-0.3, -0.25) is 0 Å². The smallest absolute Gasteiger partial charge is 0.0277 e. The van der Waals surface area contributed by atoms with Crippen LogP contribution in [0.4, 0.5) is 0 Å². The molecule has 0 amide bonds. The van der Waals surface area contributed by atoms with Crippen molar-refractivity contribution in [3.8, 4) is 0 Å². The quantitative estimate of drug-likeness (QED) is 0.895. The number of hydrogen-bond acceptors (Lipinski definition) is 2. The Kier molecular flexibility index (Phi) is 4.26. The molecule has 88 valence electrons. The van der Waals surface area contributed by atoms with Crippen LogP contribution in [0.2, 0.25) is 0 Å². The Morgan fingerprint density at radius 1 is 1.06 bits per heavy atom. The van der Waals surface area contributed by atoms with Crippen molar-refractivity contribution >= 4 is 27.7 Å². The van der Waals surface area contributed by atoms with Crippen molar-refractivity contribution in [3.63, 3.8) is 0 Å². The number of halogens is 1. The fraction of sp³-hybridized carbons (Fsp3) is 0.143. The summed E-state index contributed by atoms with van der Waals surface area (Å²) in [6.07, 6.45) is 0. The standard InChI is InChI=1S/C14H14BrNS/c1-10(16)13-8-7-12(9-14(13)15)17-11-5-3-2-4-6-11/h2-10H,16H2,1H3/t10-/m0/s1. The molecular weight excluding hydrogens is 294 g/mol. The second kappa shape index (κ2) is 5.71. The molecule has 0 bridgehead atoms. The fourth-order valence-electron chi connectivity index (χ4n) is 1.57. The molecular formula is C14H14BrNS. The topological polar surface area (TPSA) is 26.0 Å². The molecule has 17 heavy (non-hydrogen) atoms. The Hall–Kier alpha value is -0.770. The summed E-state index contributed by atoms with van der Waals surface area (Å²) in [5, 5.41) is 0. The van der Waals surface area contributed by atoms with Crippen molar-refractivity contribution in [1.82, 2.24) is 0 Å². The predicted octanol–water partition coefficient (Wildman–Crippen LogP) is 4.62. The summed E-state index contributed by atoms with van der Waals surface area (Å²) in [6.45, 7) is 1.99. The zero-order valence-corrected chi connectivity index (χ0v) is 12.0. The molecule has 2 aromatic rings. The van der Waals surface area contributed by atoms with Gasteiger partial charge >= 0.3 is 0 Å². The predicted molar refractivity (Wildman–Crippen MR) is 77.3 cm³/mol. The summed E-state index contributed by atoms with van der Waals surface area (Å²) in [5.41, 5.74) is 7.02. The molecule has 3 heteroatoms. The third-order valence-electron chi connectivity index (χ3n) is 2.44. The van der Waals surface area contributed by atoms with E-state index < -0.39 is 0 Å². The summed E-state index contributed by atoms with van der Waals surface area (Å²) in [4.78, 5) is 2.46. The average Bonchev–Trinajstić information content (AvgIpc) is 2.30. The van der Waals surface area contributed by atoms with Crippen LogP contribution >= 0.6 is 27.7 Å². The molecule has 0 aliphatic rings. The molecule has 0 aromatic heterocycles. The lowest BCUT2D eigenvalue weighted by Crippen LogP contribution is -2.05. The van der Waals surface area contributed by atoms with Crippen LogP contribution in [0.1, 0.15) is 18.5 Å². The fourth-order valence-corrected chi connectivity index (χ4v) is 3.33. The molecule has 2 aromatic carbocycles. The van der Waals surface area contributed by atoms with Gasteiger partial charge in [-0.15, -0.1) is 0 Å². The van der Waals surface area contributed by atoms with E-state index >= 15 is 0 Å². The van der Waals surface area contributed by atoms with Gasteiger partial charge in [0.15, 0.2) is 0 Å². The van der Waals surface area contributed by atoms with Gasteiger partial charge in [-0.1, -0.05) is 52.0 Å². The summed E-state index contributed by atoms with van der Waals surface area (Å²) in [6, 6.07) is 16.7. The second-order valence-electron chi connectivity index (χ2n) is 3.89. The highest BCUT2D eigenvalue weighted by Crippen LogP contribution is 2.32. The summed E-state index contributed by atoms with van der Waals surface area (Å²) >= 11 is 5.32. The second-order valence-corrected chi connectivity index (χ2v) is 5.89. The van der Waals surface area contributed by atoms with E-state index in [9.17, 15) is 0 Å². The van der Waals surface area contributed by atoms with Crippen molar-refractivity contribution in [2.24, 2.45) is 5.73 Å². The van der Waals surface area contributed by atoms with Crippen LogP contribution in [0, 0.1) is 0 Å². The van der Waals surface area contributed by atoms with E-state index in [0.29, 0.717) is 0 Å². The van der Waals surface area contributed by atoms with Crippen LogP contribution in [0.5, 0.6) is 0 Å². The molecule has 0 aliphatic heterocycles. The van der Waals surface area contributed by atoms with E-state index in [1.165, 1.54) is 9.79 Å². The minimum Gasteiger partial charge on any atom is -0.324 e. The van der Waals surface area contributed by atoms with Gasteiger partial charge in [-0.2, -0.15) is 0 Å². The zero-order chi connectivity index (χ0) is 12.3. The van der Waals surface area contributed by atoms with Gasteiger partial charge in [0, 0.05) is 20.3 Å². The van der Waals surface area contributed by atoms with E-state index in [1.54, 1.807) is 11.8 Å². The van der Waals surface area contributed by atoms with Gasteiger partial charge in [0.05, 0.1) is 0 Å². The van der Waals surface area contributed by atoms with Gasteiger partial charge in [0.2, 0.25) is 0 Å². The third kappa shape index (κ3) is 3.35. The lowest BCUT2D eigenvalue weighted by molar-refractivity contribution is 0.811. The molecule has 0 fully saturated rings. The number of hydrogen-bond donors (Lipinski definition) is 1. The molecule has 1 nitrogen and oxygen atoms in total. The van der Waals surface area contributed by atoms with Crippen LogP contribution < -0.4 is 5.73 Å². The van der Waals surface area contributed by atoms with E-state index in [-0.39, 0.29) is 6.04 Å². The molecule has 0 radical (unpaired) electrons. The van der Waals surface area contributed by atoms with Crippen LogP contribution in [0.15, 0.2) is 62.8 Å². The van der Waals surface area contributed by atoms with Crippen molar-refractivity contribution in [2.45, 2.75) is 22.8 Å². The minimum atomic E-state index is 0.0557. The molecule has 0 unspecified atom stereocenters. The lowest BCUT2D eigenvalue weighted by Gasteiger charge is -2.10. The van der Waals surface area contributed by atoms with Crippen LogP contribution in [-0.4, -0.2) is 0 Å². The minimum absolute atomic E-state index is 0.0557. The number of nitrogens with two attached hydrogens (primary N) is 1. The van der Waals surface area contributed by atoms with Gasteiger partial charge in [0.25, 0.3) is 0 Å². The lowest BCUT2D eigenvalue weighted by atomic mass is 10.1. The highest BCUT2D eigenvalue weighted by molar-refractivity contribution is 9.10. The van der Waals surface area contributed by atoms with Crippen molar-refractivity contribution in [2.75, 3.05) is 0 Å². The Morgan fingerprint density at radius 2 is 1.76 bits per heavy atom. The van der Waals surface area contributed by atoms with E-state index in [4.69, 9.17) is 5.73 Å². The number of rotatable bonds is 3. The summed E-state index contributed by atoms with van der Waals surface area (Å²) in [5.74, 6) is 0. The van der Waals surface area contributed by atoms with Crippen LogP contribution in [0.3, 0.4) is 0 Å². The van der Waals surface area contributed by atoms with Crippen molar-refractivity contribution in [1.29, 1.82) is 0 Å². The van der Waals surface area contributed by atoms with Crippen LogP contribution in [-0.2, 0) is 0 Å². The first-order valence-electron chi connectivity index (χ1n) is 5.45. The number of benzene rings is 2. The molecule has 2 N–H and O–H groups in total. The molecule has 0 spiro atoms. The zero-order valence-electron chi connectivity index (χ0n) is 9.56. The van der Waals surface area contributed by atoms with E-state index in [2.05, 4.69) is 46.3 Å². The third-order valence-corrected chi connectivity index (χ3v) is 4.13. The first kappa shape index (κ1) is 12.7. The molecule has 1 atom stereocenters. The maximum absolute atomic E-state index is 5.88. The maximum Gasteiger partial charge on any atom is 0.0277 e. The maximum atomic E-state index is 5.88. The highest BCUT2D eigenvalue weighted by Gasteiger charge is 2.06. The monoisotopic (exact) mass is 307 g/mol. The normalized spacial score (nSPS) is 12.4. The van der Waals surface area contributed by atoms with E-state index in [0.717, 1.165) is 10.0 Å². The van der Waals surface area contributed by atoms with Gasteiger partial charge < -0.3 is 5.73 Å². The first-order valence-corrected chi connectivity index (χ1v) is 7.05. The molecule has 0 heterocycles. The van der Waals surface area contributed by atoms with Gasteiger partial charge in [0.1, 0.15) is 0 Å². The first-order chi connectivity index (χ1) is 8.16. The van der Waals surface area contributed by atoms with Crippen molar-refractivity contribution in [3.05, 3.63) is 58.6 Å². The molecule has 2 rings (SSSR count). The Labute approximate surface area is 115 Å². The van der Waals surface area contributed by atoms with E-state index in [1.807, 2.05) is 25.1 Å². The van der Waals surface area contributed by atoms with Gasteiger partial charge in [-0.05, 0) is 36.8 Å². The summed E-state index contributed by atoms with van der Waals surface area (Å²) in [7, 11) is 0. The average molecular weight is 308 g/mol. The van der Waals surface area contributed by atoms with Gasteiger partial charge in [-0.25, -0.2) is 0 Å². The largest absolute Gasteiger partial charge is 0.324 e. The Bertz CT molecular complexity index is 497. The highest BCUT2D eigenvalue weighted by atomic mass is 79.9. The SMILES string of the molecule is C[C@H](N)c1ccc(Sc2ccccc2)cc1Br. The summed E-state index contributed by atoms with van der Waals surface area (Å²) < 4.78 is 1.08. The van der Waals surface area contributed by atoms with Crippen molar-refractivity contribution < 1.29 is 0 Å². The van der Waals surface area contributed by atoms with Crippen LogP contribution in [0.25, 0.3) is 0 Å². The molecule has 0 aliphatic carbocycles. The molecule has 0 saturated carbocycles.